The topological polar surface area (TPSA) is 67.7 Å². The Labute approximate surface area is 264 Å². The minimum atomic E-state index is 0.0391. The number of pyridine rings is 2. The molecule has 0 bridgehead atoms. The van der Waals surface area contributed by atoms with Crippen molar-refractivity contribution in [3.05, 3.63) is 128 Å². The third kappa shape index (κ3) is 3.04. The van der Waals surface area contributed by atoms with Crippen molar-refractivity contribution in [2.45, 2.75) is 0 Å². The van der Waals surface area contributed by atoms with Gasteiger partial charge in [-0.3, -0.25) is 14.9 Å². The van der Waals surface area contributed by atoms with E-state index in [9.17, 15) is 0 Å². The summed E-state index contributed by atoms with van der Waals surface area (Å²) >= 11 is 0. The fraction of sp³-hybridized carbons (Fsp3) is 0. The number of rotatable bonds is 3. The standard InChI is InChI=1S/C39H21BN6/c1-3-10-22(11-4-1)37-43-38(23-12-5-2-6-13-23)45-39(44-37)46-30-20-41-28-18-8-14-24-26-16-7-17-27-25-15-9-19-29-33(25)36(31(46)21-42-29)40(34(26)27)35(30)32(24)28/h1-21H. The van der Waals surface area contributed by atoms with Gasteiger partial charge in [-0.15, -0.1) is 0 Å². The van der Waals surface area contributed by atoms with E-state index in [1.165, 1.54) is 49.4 Å². The zero-order valence-corrected chi connectivity index (χ0v) is 24.4. The summed E-state index contributed by atoms with van der Waals surface area (Å²) in [4.78, 5) is 27.6. The number of hydrogen-bond donors (Lipinski definition) is 0. The molecule has 0 saturated heterocycles. The first-order valence-electron chi connectivity index (χ1n) is 15.5. The highest BCUT2D eigenvalue weighted by molar-refractivity contribution is 7.03. The second-order valence-electron chi connectivity index (χ2n) is 12.1. The van der Waals surface area contributed by atoms with Gasteiger partial charge in [0.05, 0.1) is 34.8 Å². The molecule has 3 aliphatic rings. The molecule has 3 aliphatic heterocycles. The molecule has 0 unspecified atom stereocenters. The summed E-state index contributed by atoms with van der Waals surface area (Å²) in [6, 6.07) is 39.9. The second-order valence-corrected chi connectivity index (χ2v) is 12.1. The summed E-state index contributed by atoms with van der Waals surface area (Å²) in [5, 5.41) is 2.38. The molecule has 11 rings (SSSR count). The zero-order chi connectivity index (χ0) is 29.9. The van der Waals surface area contributed by atoms with Gasteiger partial charge in [-0.1, -0.05) is 109 Å². The Balaban J connectivity index is 1.30. The molecule has 6 nitrogen and oxygen atoms in total. The monoisotopic (exact) mass is 584 g/mol. The SMILES string of the molecule is c1ccc(-c2nc(-c3ccccc3)nc(N3c4cnc5cccc6c5c4B4c5c-6cccc5-c5cccc6ncc3c4c56)n2)cc1. The van der Waals surface area contributed by atoms with Gasteiger partial charge in [-0.2, -0.15) is 9.97 Å². The molecule has 0 amide bonds. The van der Waals surface area contributed by atoms with Crippen molar-refractivity contribution in [2.75, 3.05) is 4.90 Å². The van der Waals surface area contributed by atoms with Crippen LogP contribution in [-0.2, 0) is 0 Å². The molecule has 210 valence electrons. The molecule has 0 radical (unpaired) electrons. The quantitative estimate of drug-likeness (QED) is 0.219. The van der Waals surface area contributed by atoms with Crippen LogP contribution >= 0.6 is 0 Å². The summed E-state index contributed by atoms with van der Waals surface area (Å²) in [6.45, 7) is 0.0391. The minimum absolute atomic E-state index is 0.0391. The van der Waals surface area contributed by atoms with Crippen molar-refractivity contribution in [1.29, 1.82) is 0 Å². The Morgan fingerprint density at radius 1 is 0.435 bits per heavy atom. The molecule has 0 aliphatic carbocycles. The maximum Gasteiger partial charge on any atom is 0.250 e. The highest BCUT2D eigenvalue weighted by Crippen LogP contribution is 2.45. The Bertz CT molecular complexity index is 2430. The molecule has 8 aromatic rings. The minimum Gasteiger partial charge on any atom is -0.277 e. The number of anilines is 3. The maximum absolute atomic E-state index is 5.18. The number of aromatic nitrogens is 5. The van der Waals surface area contributed by atoms with Gasteiger partial charge in [0, 0.05) is 21.9 Å². The lowest BCUT2D eigenvalue weighted by atomic mass is 9.30. The fourth-order valence-corrected chi connectivity index (χ4v) is 7.93. The largest absolute Gasteiger partial charge is 0.277 e. The second kappa shape index (κ2) is 8.70. The normalized spacial score (nSPS) is 13.1. The van der Waals surface area contributed by atoms with Crippen LogP contribution in [0.3, 0.4) is 0 Å². The molecular weight excluding hydrogens is 563 g/mol. The van der Waals surface area contributed by atoms with E-state index in [1.807, 2.05) is 73.1 Å². The van der Waals surface area contributed by atoms with E-state index in [2.05, 4.69) is 59.5 Å². The molecular formula is C39H21BN6. The van der Waals surface area contributed by atoms with Gasteiger partial charge in [0.15, 0.2) is 11.6 Å². The maximum atomic E-state index is 5.18. The van der Waals surface area contributed by atoms with Gasteiger partial charge in [-0.05, 0) is 45.3 Å². The van der Waals surface area contributed by atoms with Crippen molar-refractivity contribution in [2.24, 2.45) is 0 Å². The predicted molar refractivity (Wildman–Crippen MR) is 185 cm³/mol. The predicted octanol–water partition coefficient (Wildman–Crippen LogP) is 6.56. The zero-order valence-electron chi connectivity index (χ0n) is 24.4. The van der Waals surface area contributed by atoms with Crippen LogP contribution in [0, 0.1) is 0 Å². The number of hydrogen-bond acceptors (Lipinski definition) is 6. The third-order valence-electron chi connectivity index (χ3n) is 9.75. The van der Waals surface area contributed by atoms with Crippen LogP contribution < -0.4 is 21.3 Å². The van der Waals surface area contributed by atoms with Crippen LogP contribution in [0.1, 0.15) is 0 Å². The van der Waals surface area contributed by atoms with Crippen LogP contribution in [0.2, 0.25) is 0 Å². The summed E-state index contributed by atoms with van der Waals surface area (Å²) in [7, 11) is 0. The molecule has 46 heavy (non-hydrogen) atoms. The van der Waals surface area contributed by atoms with E-state index in [4.69, 9.17) is 24.9 Å². The van der Waals surface area contributed by atoms with Crippen molar-refractivity contribution < 1.29 is 0 Å². The third-order valence-corrected chi connectivity index (χ3v) is 9.75. The molecule has 3 aromatic heterocycles. The van der Waals surface area contributed by atoms with Gasteiger partial charge in [-0.25, -0.2) is 4.98 Å². The van der Waals surface area contributed by atoms with E-state index < -0.39 is 0 Å². The van der Waals surface area contributed by atoms with Crippen molar-refractivity contribution in [3.8, 4) is 45.0 Å². The Morgan fingerprint density at radius 3 is 1.43 bits per heavy atom. The summed E-state index contributed by atoms with van der Waals surface area (Å²) in [6.07, 6.45) is 3.99. The Hall–Kier alpha value is -6.21. The Morgan fingerprint density at radius 2 is 0.913 bits per heavy atom. The molecule has 6 heterocycles. The summed E-state index contributed by atoms with van der Waals surface area (Å²) in [5.41, 5.74) is 14.6. The van der Waals surface area contributed by atoms with E-state index in [1.54, 1.807) is 0 Å². The molecule has 0 spiro atoms. The summed E-state index contributed by atoms with van der Waals surface area (Å²) < 4.78 is 0. The number of fused-ring (bicyclic) bond motifs is 2. The van der Waals surface area contributed by atoms with Crippen LogP contribution in [0.5, 0.6) is 0 Å². The molecule has 0 saturated carbocycles. The van der Waals surface area contributed by atoms with Gasteiger partial charge in [0.1, 0.15) is 0 Å². The van der Waals surface area contributed by atoms with E-state index in [0.29, 0.717) is 17.6 Å². The first kappa shape index (κ1) is 24.2. The van der Waals surface area contributed by atoms with E-state index >= 15 is 0 Å². The Kier molecular flexibility index (Phi) is 4.57. The van der Waals surface area contributed by atoms with Gasteiger partial charge >= 0.3 is 0 Å². The van der Waals surface area contributed by atoms with Crippen molar-refractivity contribution >= 4 is 62.2 Å². The van der Waals surface area contributed by atoms with Gasteiger partial charge in [0.25, 0.3) is 0 Å². The first-order chi connectivity index (χ1) is 22.8. The van der Waals surface area contributed by atoms with Crippen LogP contribution in [0.4, 0.5) is 17.3 Å². The smallest absolute Gasteiger partial charge is 0.250 e. The van der Waals surface area contributed by atoms with Crippen LogP contribution in [0.15, 0.2) is 128 Å². The lowest BCUT2D eigenvalue weighted by Crippen LogP contribution is -2.61. The fourth-order valence-electron chi connectivity index (χ4n) is 7.93. The lowest BCUT2D eigenvalue weighted by Gasteiger charge is -2.42. The number of nitrogens with zero attached hydrogens (tertiary/aromatic N) is 6. The van der Waals surface area contributed by atoms with Gasteiger partial charge < -0.3 is 0 Å². The average molecular weight is 584 g/mol. The highest BCUT2D eigenvalue weighted by atomic mass is 15.3. The molecule has 0 atom stereocenters. The average Bonchev–Trinajstić information content (AvgIpc) is 3.13. The highest BCUT2D eigenvalue weighted by Gasteiger charge is 2.46. The van der Waals surface area contributed by atoms with Crippen molar-refractivity contribution in [1.82, 2.24) is 24.9 Å². The van der Waals surface area contributed by atoms with Crippen LogP contribution in [-0.4, -0.2) is 31.6 Å². The molecule has 5 aromatic carbocycles. The lowest BCUT2D eigenvalue weighted by molar-refractivity contribution is 1.02. The molecule has 0 N–H and O–H groups in total. The van der Waals surface area contributed by atoms with Crippen molar-refractivity contribution in [3.63, 3.8) is 0 Å². The summed E-state index contributed by atoms with van der Waals surface area (Å²) in [5.74, 6) is 1.77. The first-order valence-corrected chi connectivity index (χ1v) is 15.5. The van der Waals surface area contributed by atoms with Crippen LogP contribution in [0.25, 0.3) is 66.8 Å². The molecule has 7 heteroatoms. The van der Waals surface area contributed by atoms with Gasteiger partial charge in [0.2, 0.25) is 12.7 Å². The van der Waals surface area contributed by atoms with E-state index in [-0.39, 0.29) is 6.71 Å². The molecule has 0 fully saturated rings. The van der Waals surface area contributed by atoms with E-state index in [0.717, 1.165) is 33.5 Å². The number of benzene rings is 5.